The van der Waals surface area contributed by atoms with Gasteiger partial charge in [0, 0.05) is 0 Å². The molecule has 2 heterocycles. The molecule has 0 aliphatic carbocycles. The lowest BCUT2D eigenvalue weighted by Gasteiger charge is -2.09. The number of benzene rings is 2. The molecular formula is C18H14O8. The van der Waals surface area contributed by atoms with E-state index in [1.807, 2.05) is 0 Å². The summed E-state index contributed by atoms with van der Waals surface area (Å²) in [6, 6.07) is 9.89. The van der Waals surface area contributed by atoms with Gasteiger partial charge in [-0.15, -0.1) is 0 Å². The number of carbonyl (C=O) groups excluding carboxylic acids is 2. The molecule has 0 radical (unpaired) electrons. The number of hydrogen-bond donors (Lipinski definition) is 0. The summed E-state index contributed by atoms with van der Waals surface area (Å²) in [5.74, 6) is 0.525. The van der Waals surface area contributed by atoms with Crippen LogP contribution in [0.5, 0.6) is 23.0 Å². The summed E-state index contributed by atoms with van der Waals surface area (Å²) in [5, 5.41) is 0. The maximum Gasteiger partial charge on any atom is 0.342 e. The van der Waals surface area contributed by atoms with Crippen molar-refractivity contribution in [1.29, 1.82) is 0 Å². The second-order valence-electron chi connectivity index (χ2n) is 5.35. The largest absolute Gasteiger partial charge is 0.458 e. The van der Waals surface area contributed by atoms with Crippen molar-refractivity contribution >= 4 is 11.9 Å². The SMILES string of the molecule is O=C(OCCOC(=O)c1cccc2c1OCO2)c1cccc2c1OCO2. The van der Waals surface area contributed by atoms with E-state index in [-0.39, 0.29) is 37.9 Å². The van der Waals surface area contributed by atoms with Gasteiger partial charge in [-0.25, -0.2) is 9.59 Å². The second-order valence-corrected chi connectivity index (χ2v) is 5.35. The Morgan fingerprint density at radius 3 is 1.65 bits per heavy atom. The highest BCUT2D eigenvalue weighted by Crippen LogP contribution is 2.36. The van der Waals surface area contributed by atoms with Crippen LogP contribution in [-0.2, 0) is 9.47 Å². The summed E-state index contributed by atoms with van der Waals surface area (Å²) in [4.78, 5) is 24.3. The zero-order valence-electron chi connectivity index (χ0n) is 13.6. The van der Waals surface area contributed by atoms with E-state index >= 15 is 0 Å². The Bertz CT molecular complexity index is 789. The Kier molecular flexibility index (Phi) is 4.22. The topological polar surface area (TPSA) is 89.5 Å². The van der Waals surface area contributed by atoms with Crippen molar-refractivity contribution in [1.82, 2.24) is 0 Å². The van der Waals surface area contributed by atoms with Crippen LogP contribution in [0.15, 0.2) is 36.4 Å². The maximum absolute atomic E-state index is 12.1. The van der Waals surface area contributed by atoms with E-state index in [0.717, 1.165) is 0 Å². The fraction of sp³-hybridized carbons (Fsp3) is 0.222. The zero-order valence-corrected chi connectivity index (χ0v) is 13.6. The van der Waals surface area contributed by atoms with Gasteiger partial charge in [0.1, 0.15) is 24.3 Å². The molecule has 4 rings (SSSR count). The third kappa shape index (κ3) is 2.97. The second kappa shape index (κ2) is 6.83. The predicted molar refractivity (Wildman–Crippen MR) is 85.7 cm³/mol. The van der Waals surface area contributed by atoms with E-state index in [1.54, 1.807) is 36.4 Å². The van der Waals surface area contributed by atoms with E-state index in [1.165, 1.54) is 0 Å². The molecule has 0 saturated heterocycles. The summed E-state index contributed by atoms with van der Waals surface area (Å²) < 4.78 is 31.2. The van der Waals surface area contributed by atoms with Gasteiger partial charge in [0.05, 0.1) is 0 Å². The Balaban J connectivity index is 1.31. The number of para-hydroxylation sites is 2. The molecular weight excluding hydrogens is 344 g/mol. The minimum Gasteiger partial charge on any atom is -0.458 e. The average molecular weight is 358 g/mol. The van der Waals surface area contributed by atoms with E-state index in [9.17, 15) is 9.59 Å². The number of fused-ring (bicyclic) bond motifs is 2. The molecule has 0 fully saturated rings. The van der Waals surface area contributed by atoms with Crippen LogP contribution in [0.3, 0.4) is 0 Å². The van der Waals surface area contributed by atoms with Gasteiger partial charge >= 0.3 is 11.9 Å². The lowest BCUT2D eigenvalue weighted by atomic mass is 10.2. The van der Waals surface area contributed by atoms with Crippen LogP contribution in [0.4, 0.5) is 0 Å². The van der Waals surface area contributed by atoms with Crippen molar-refractivity contribution in [2.75, 3.05) is 26.8 Å². The molecule has 0 atom stereocenters. The van der Waals surface area contributed by atoms with E-state index in [0.29, 0.717) is 23.0 Å². The molecule has 2 aliphatic rings. The summed E-state index contributed by atoms with van der Waals surface area (Å²) in [6.07, 6.45) is 0. The zero-order chi connectivity index (χ0) is 17.9. The quantitative estimate of drug-likeness (QED) is 0.593. The molecule has 0 amide bonds. The molecule has 0 N–H and O–H groups in total. The molecule has 134 valence electrons. The number of rotatable bonds is 5. The van der Waals surface area contributed by atoms with Crippen LogP contribution in [0.1, 0.15) is 20.7 Å². The minimum absolute atomic E-state index is 0.0599. The predicted octanol–water partition coefficient (Wildman–Crippen LogP) is 2.16. The average Bonchev–Trinajstić information content (AvgIpc) is 3.32. The summed E-state index contributed by atoms with van der Waals surface area (Å²) in [6.45, 7) is -0.0716. The molecule has 0 unspecified atom stereocenters. The van der Waals surface area contributed by atoms with Gasteiger partial charge in [0.2, 0.25) is 13.6 Å². The van der Waals surface area contributed by atoms with Crippen LogP contribution in [0, 0.1) is 0 Å². The van der Waals surface area contributed by atoms with Gasteiger partial charge in [0.15, 0.2) is 23.0 Å². The molecule has 0 bridgehead atoms. The van der Waals surface area contributed by atoms with Gasteiger partial charge in [-0.1, -0.05) is 12.1 Å². The van der Waals surface area contributed by atoms with Crippen molar-refractivity contribution in [3.8, 4) is 23.0 Å². The molecule has 2 aromatic carbocycles. The van der Waals surface area contributed by atoms with E-state index in [2.05, 4.69) is 0 Å². The minimum atomic E-state index is -0.583. The fourth-order valence-electron chi connectivity index (χ4n) is 2.61. The smallest absolute Gasteiger partial charge is 0.342 e. The fourth-order valence-corrected chi connectivity index (χ4v) is 2.61. The Labute approximate surface area is 148 Å². The highest BCUT2D eigenvalue weighted by atomic mass is 16.7. The molecule has 8 heteroatoms. The van der Waals surface area contributed by atoms with Crippen molar-refractivity contribution in [2.45, 2.75) is 0 Å². The first-order valence-corrected chi connectivity index (χ1v) is 7.85. The van der Waals surface area contributed by atoms with Crippen LogP contribution in [0.25, 0.3) is 0 Å². The molecule has 0 spiro atoms. The molecule has 26 heavy (non-hydrogen) atoms. The van der Waals surface area contributed by atoms with Gasteiger partial charge in [-0.2, -0.15) is 0 Å². The monoisotopic (exact) mass is 358 g/mol. The first-order chi connectivity index (χ1) is 12.7. The van der Waals surface area contributed by atoms with Gasteiger partial charge in [-0.3, -0.25) is 0 Å². The number of hydrogen-bond acceptors (Lipinski definition) is 8. The number of esters is 2. The highest BCUT2D eigenvalue weighted by molar-refractivity contribution is 5.94. The third-order valence-corrected chi connectivity index (χ3v) is 3.78. The van der Waals surface area contributed by atoms with Gasteiger partial charge in [-0.05, 0) is 24.3 Å². The van der Waals surface area contributed by atoms with E-state index in [4.69, 9.17) is 28.4 Å². The summed E-state index contributed by atoms with van der Waals surface area (Å²) >= 11 is 0. The summed E-state index contributed by atoms with van der Waals surface area (Å²) in [5.41, 5.74) is 0.524. The first-order valence-electron chi connectivity index (χ1n) is 7.85. The molecule has 0 aromatic heterocycles. The van der Waals surface area contributed by atoms with Crippen molar-refractivity contribution < 1.29 is 38.0 Å². The Hall–Kier alpha value is -3.42. The van der Waals surface area contributed by atoms with Gasteiger partial charge in [0.25, 0.3) is 0 Å². The highest BCUT2D eigenvalue weighted by Gasteiger charge is 2.24. The van der Waals surface area contributed by atoms with Crippen molar-refractivity contribution in [3.63, 3.8) is 0 Å². The normalized spacial score (nSPS) is 13.4. The van der Waals surface area contributed by atoms with Gasteiger partial charge < -0.3 is 28.4 Å². The standard InChI is InChI=1S/C18H14O8/c19-17(11-3-1-5-13-15(11)25-9-23-13)21-7-8-22-18(20)12-4-2-6-14-16(12)26-10-24-14/h1-6H,7-10H2. The summed E-state index contributed by atoms with van der Waals surface area (Å²) in [7, 11) is 0. The molecule has 2 aliphatic heterocycles. The maximum atomic E-state index is 12.1. The molecule has 2 aromatic rings. The van der Waals surface area contributed by atoms with Crippen molar-refractivity contribution in [3.05, 3.63) is 47.5 Å². The first kappa shape index (κ1) is 16.1. The Morgan fingerprint density at radius 2 is 1.19 bits per heavy atom. The van der Waals surface area contributed by atoms with Crippen LogP contribution < -0.4 is 18.9 Å². The van der Waals surface area contributed by atoms with Crippen LogP contribution in [0.2, 0.25) is 0 Å². The Morgan fingerprint density at radius 1 is 0.731 bits per heavy atom. The number of ether oxygens (including phenoxy) is 6. The lowest BCUT2D eigenvalue weighted by Crippen LogP contribution is -2.15. The lowest BCUT2D eigenvalue weighted by molar-refractivity contribution is 0.0261. The number of carbonyl (C=O) groups is 2. The molecule has 0 saturated carbocycles. The van der Waals surface area contributed by atoms with E-state index < -0.39 is 11.9 Å². The van der Waals surface area contributed by atoms with Crippen LogP contribution >= 0.6 is 0 Å². The third-order valence-electron chi connectivity index (χ3n) is 3.78. The van der Waals surface area contributed by atoms with Crippen molar-refractivity contribution in [2.24, 2.45) is 0 Å². The van der Waals surface area contributed by atoms with Crippen LogP contribution in [-0.4, -0.2) is 38.7 Å². The molecule has 8 nitrogen and oxygen atoms in total.